The highest BCUT2D eigenvalue weighted by Crippen LogP contribution is 2.10. The van der Waals surface area contributed by atoms with Gasteiger partial charge in [-0.15, -0.1) is 0 Å². The van der Waals surface area contributed by atoms with E-state index >= 15 is 0 Å². The Balaban J connectivity index is 2.47. The Kier molecular flexibility index (Phi) is 5.76. The first-order chi connectivity index (χ1) is 8.95. The molecule has 1 atom stereocenters. The van der Waals surface area contributed by atoms with Gasteiger partial charge in [0.1, 0.15) is 0 Å². The molecule has 106 valence electrons. The normalized spacial score (nSPS) is 12.5. The number of aromatic nitrogens is 1. The molecule has 1 aromatic rings. The number of pyridine rings is 1. The van der Waals surface area contributed by atoms with E-state index in [1.165, 1.54) is 6.20 Å². The molecule has 0 fully saturated rings. The summed E-state index contributed by atoms with van der Waals surface area (Å²) in [4.78, 5) is 18.3. The van der Waals surface area contributed by atoms with E-state index in [1.54, 1.807) is 6.07 Å². The molecular formula is C14H24N4O. The van der Waals surface area contributed by atoms with E-state index in [9.17, 15) is 4.79 Å². The lowest BCUT2D eigenvalue weighted by atomic mass is 10.2. The van der Waals surface area contributed by atoms with Crippen molar-refractivity contribution in [2.45, 2.75) is 33.2 Å². The minimum atomic E-state index is -0.164. The second-order valence-electron chi connectivity index (χ2n) is 4.91. The first-order valence-electron chi connectivity index (χ1n) is 6.66. The topological polar surface area (TPSA) is 71.2 Å². The zero-order valence-electron chi connectivity index (χ0n) is 12.2. The third kappa shape index (κ3) is 4.52. The van der Waals surface area contributed by atoms with Crippen LogP contribution in [0.15, 0.2) is 12.3 Å². The standard InChI is InChI=1S/C14H24N4O/c1-5-11(3)18(4)7-6-16-14(19)12-9-17-10(2)8-13(12)15/h8-9,11H,5-7H2,1-4H3,(H2,15,17)(H,16,19). The third-order valence-corrected chi connectivity index (χ3v) is 3.41. The molecule has 3 N–H and O–H groups in total. The van der Waals surface area contributed by atoms with E-state index in [0.29, 0.717) is 23.8 Å². The van der Waals surface area contributed by atoms with Crippen LogP contribution in [0, 0.1) is 6.92 Å². The lowest BCUT2D eigenvalue weighted by Crippen LogP contribution is -2.37. The number of carbonyl (C=O) groups is 1. The van der Waals surface area contributed by atoms with Gasteiger partial charge in [0, 0.05) is 36.7 Å². The van der Waals surface area contributed by atoms with Gasteiger partial charge >= 0.3 is 0 Å². The SMILES string of the molecule is CCC(C)N(C)CCNC(=O)c1cnc(C)cc1N. The molecule has 1 heterocycles. The summed E-state index contributed by atoms with van der Waals surface area (Å²) in [5.41, 5.74) is 7.54. The van der Waals surface area contributed by atoms with Crippen molar-refractivity contribution < 1.29 is 4.79 Å². The summed E-state index contributed by atoms with van der Waals surface area (Å²) < 4.78 is 0. The Morgan fingerprint density at radius 3 is 2.84 bits per heavy atom. The van der Waals surface area contributed by atoms with Gasteiger partial charge in [0.15, 0.2) is 0 Å². The molecule has 19 heavy (non-hydrogen) atoms. The lowest BCUT2D eigenvalue weighted by Gasteiger charge is -2.23. The highest BCUT2D eigenvalue weighted by molar-refractivity contribution is 5.98. The maximum absolute atomic E-state index is 11.9. The summed E-state index contributed by atoms with van der Waals surface area (Å²) in [6, 6.07) is 2.23. The van der Waals surface area contributed by atoms with Crippen molar-refractivity contribution in [3.63, 3.8) is 0 Å². The quantitative estimate of drug-likeness (QED) is 0.815. The van der Waals surface area contributed by atoms with Crippen molar-refractivity contribution in [1.82, 2.24) is 15.2 Å². The second-order valence-corrected chi connectivity index (χ2v) is 4.91. The second kappa shape index (κ2) is 7.09. The molecular weight excluding hydrogens is 240 g/mol. The maximum atomic E-state index is 11.9. The van der Waals surface area contributed by atoms with Crippen LogP contribution in [0.3, 0.4) is 0 Å². The molecule has 1 amide bonds. The van der Waals surface area contributed by atoms with E-state index in [4.69, 9.17) is 5.73 Å². The largest absolute Gasteiger partial charge is 0.398 e. The average Bonchev–Trinajstić information content (AvgIpc) is 2.37. The van der Waals surface area contributed by atoms with Crippen LogP contribution in [-0.2, 0) is 0 Å². The molecule has 1 aromatic heterocycles. The first-order valence-corrected chi connectivity index (χ1v) is 6.66. The molecule has 0 bridgehead atoms. The van der Waals surface area contributed by atoms with E-state index in [-0.39, 0.29) is 5.91 Å². The Bertz CT molecular complexity index is 433. The summed E-state index contributed by atoms with van der Waals surface area (Å²) in [6.07, 6.45) is 2.62. The van der Waals surface area contributed by atoms with E-state index in [0.717, 1.165) is 18.7 Å². The van der Waals surface area contributed by atoms with Crippen LogP contribution in [0.5, 0.6) is 0 Å². The molecule has 5 heteroatoms. The van der Waals surface area contributed by atoms with Crippen LogP contribution >= 0.6 is 0 Å². The first kappa shape index (κ1) is 15.4. The number of likely N-dealkylation sites (N-methyl/N-ethyl adjacent to an activating group) is 1. The summed E-state index contributed by atoms with van der Waals surface area (Å²) >= 11 is 0. The molecule has 0 radical (unpaired) electrons. The van der Waals surface area contributed by atoms with E-state index in [2.05, 4.69) is 36.1 Å². The maximum Gasteiger partial charge on any atom is 0.254 e. The number of amides is 1. The fourth-order valence-electron chi connectivity index (χ4n) is 1.74. The summed E-state index contributed by atoms with van der Waals surface area (Å²) in [5.74, 6) is -0.164. The number of aryl methyl sites for hydroxylation is 1. The fraction of sp³-hybridized carbons (Fsp3) is 0.571. The molecule has 0 saturated carbocycles. The van der Waals surface area contributed by atoms with E-state index < -0.39 is 0 Å². The highest BCUT2D eigenvalue weighted by Gasteiger charge is 2.11. The molecule has 0 aliphatic heterocycles. The van der Waals surface area contributed by atoms with Crippen LogP contribution < -0.4 is 11.1 Å². The molecule has 0 aliphatic rings. The molecule has 0 saturated heterocycles. The predicted molar refractivity (Wildman–Crippen MR) is 78.1 cm³/mol. The zero-order chi connectivity index (χ0) is 14.4. The minimum absolute atomic E-state index is 0.164. The van der Waals surface area contributed by atoms with Crippen LogP contribution in [0.25, 0.3) is 0 Å². The Morgan fingerprint density at radius 1 is 1.58 bits per heavy atom. The number of anilines is 1. The van der Waals surface area contributed by atoms with Crippen molar-refractivity contribution in [3.05, 3.63) is 23.5 Å². The molecule has 1 unspecified atom stereocenters. The number of nitrogen functional groups attached to an aromatic ring is 1. The van der Waals surface area contributed by atoms with Gasteiger partial charge < -0.3 is 16.0 Å². The van der Waals surface area contributed by atoms with Crippen molar-refractivity contribution in [3.8, 4) is 0 Å². The van der Waals surface area contributed by atoms with Crippen molar-refractivity contribution >= 4 is 11.6 Å². The van der Waals surface area contributed by atoms with Gasteiger partial charge in [-0.2, -0.15) is 0 Å². The lowest BCUT2D eigenvalue weighted by molar-refractivity contribution is 0.0948. The van der Waals surface area contributed by atoms with Gasteiger partial charge in [-0.1, -0.05) is 6.92 Å². The van der Waals surface area contributed by atoms with Gasteiger partial charge in [0.25, 0.3) is 5.91 Å². The van der Waals surface area contributed by atoms with Gasteiger partial charge in [-0.25, -0.2) is 0 Å². The molecule has 0 aliphatic carbocycles. The predicted octanol–water partition coefficient (Wildman–Crippen LogP) is 1.43. The van der Waals surface area contributed by atoms with Crippen LogP contribution in [-0.4, -0.2) is 42.0 Å². The monoisotopic (exact) mass is 264 g/mol. The zero-order valence-corrected chi connectivity index (χ0v) is 12.2. The van der Waals surface area contributed by atoms with Crippen LogP contribution in [0.1, 0.15) is 36.3 Å². The van der Waals surface area contributed by atoms with Gasteiger partial charge in [0.05, 0.1) is 5.56 Å². The van der Waals surface area contributed by atoms with Gasteiger partial charge in [0.2, 0.25) is 0 Å². The number of rotatable bonds is 6. The number of hydrogen-bond donors (Lipinski definition) is 2. The van der Waals surface area contributed by atoms with Crippen LogP contribution in [0.4, 0.5) is 5.69 Å². The van der Waals surface area contributed by atoms with E-state index in [1.807, 2.05) is 6.92 Å². The number of hydrogen-bond acceptors (Lipinski definition) is 4. The summed E-state index contributed by atoms with van der Waals surface area (Å²) in [5, 5.41) is 2.87. The average molecular weight is 264 g/mol. The van der Waals surface area contributed by atoms with Crippen molar-refractivity contribution in [2.24, 2.45) is 0 Å². The number of carbonyl (C=O) groups excluding carboxylic acids is 1. The summed E-state index contributed by atoms with van der Waals surface area (Å²) in [6.45, 7) is 7.59. The Labute approximate surface area is 115 Å². The highest BCUT2D eigenvalue weighted by atomic mass is 16.1. The third-order valence-electron chi connectivity index (χ3n) is 3.41. The minimum Gasteiger partial charge on any atom is -0.398 e. The van der Waals surface area contributed by atoms with Crippen LogP contribution in [0.2, 0.25) is 0 Å². The molecule has 0 spiro atoms. The fourth-order valence-corrected chi connectivity index (χ4v) is 1.74. The summed E-state index contributed by atoms with van der Waals surface area (Å²) in [7, 11) is 2.06. The Morgan fingerprint density at radius 2 is 2.26 bits per heavy atom. The van der Waals surface area contributed by atoms with Crippen molar-refractivity contribution in [2.75, 3.05) is 25.9 Å². The van der Waals surface area contributed by atoms with Crippen molar-refractivity contribution in [1.29, 1.82) is 0 Å². The molecule has 0 aromatic carbocycles. The number of nitrogens with one attached hydrogen (secondary N) is 1. The van der Waals surface area contributed by atoms with Gasteiger partial charge in [-0.05, 0) is 33.4 Å². The number of nitrogens with zero attached hydrogens (tertiary/aromatic N) is 2. The Hall–Kier alpha value is -1.62. The molecule has 5 nitrogen and oxygen atoms in total. The number of nitrogens with two attached hydrogens (primary N) is 1. The smallest absolute Gasteiger partial charge is 0.254 e. The van der Waals surface area contributed by atoms with Gasteiger partial charge in [-0.3, -0.25) is 9.78 Å². The molecule has 1 rings (SSSR count).